The van der Waals surface area contributed by atoms with Crippen LogP contribution in [0.5, 0.6) is 0 Å². The molecule has 0 saturated carbocycles. The zero-order chi connectivity index (χ0) is 24.0. The van der Waals surface area contributed by atoms with E-state index in [4.69, 9.17) is 34.8 Å². The standard InChI is InChI=1S/C22H15Cl3F3NO3/c1-3-29-10(2)17(12-6-13(22(26,27)28)9-14(23)7-12)20(30)18(21(31)32)19(29)11-4-5-15(24)16(25)8-11/h4-9H,3H2,1-2H3,(H,31,32). The Labute approximate surface area is 195 Å². The van der Waals surface area contributed by atoms with E-state index in [1.54, 1.807) is 6.92 Å². The van der Waals surface area contributed by atoms with Gasteiger partial charge in [0.2, 0.25) is 5.43 Å². The number of halogens is 6. The number of hydrogen-bond acceptors (Lipinski definition) is 2. The van der Waals surface area contributed by atoms with Crippen molar-refractivity contribution >= 4 is 40.8 Å². The van der Waals surface area contributed by atoms with Crippen LogP contribution in [0.2, 0.25) is 15.1 Å². The summed E-state index contributed by atoms with van der Waals surface area (Å²) in [5, 5.41) is 10.0. The van der Waals surface area contributed by atoms with E-state index in [1.165, 1.54) is 35.8 Å². The van der Waals surface area contributed by atoms with Gasteiger partial charge in [-0.25, -0.2) is 4.79 Å². The molecule has 3 rings (SSSR count). The summed E-state index contributed by atoms with van der Waals surface area (Å²) in [6.45, 7) is 3.47. The van der Waals surface area contributed by atoms with Gasteiger partial charge in [0.1, 0.15) is 5.56 Å². The van der Waals surface area contributed by atoms with Crippen molar-refractivity contribution in [3.05, 3.63) is 78.5 Å². The molecule has 10 heteroatoms. The van der Waals surface area contributed by atoms with Crippen LogP contribution < -0.4 is 5.43 Å². The lowest BCUT2D eigenvalue weighted by atomic mass is 9.95. The zero-order valence-corrected chi connectivity index (χ0v) is 18.9. The van der Waals surface area contributed by atoms with E-state index in [-0.39, 0.29) is 44.1 Å². The quantitative estimate of drug-likeness (QED) is 0.409. The summed E-state index contributed by atoms with van der Waals surface area (Å²) in [4.78, 5) is 25.5. The van der Waals surface area contributed by atoms with Crippen molar-refractivity contribution in [3.8, 4) is 22.4 Å². The number of aromatic carboxylic acids is 1. The van der Waals surface area contributed by atoms with Crippen molar-refractivity contribution in [1.82, 2.24) is 4.57 Å². The van der Waals surface area contributed by atoms with Gasteiger partial charge in [0.05, 0.1) is 21.3 Å². The Hall–Kier alpha value is -2.48. The van der Waals surface area contributed by atoms with Crippen LogP contribution in [-0.4, -0.2) is 15.6 Å². The Kier molecular flexibility index (Phi) is 6.65. The third-order valence-electron chi connectivity index (χ3n) is 4.96. The number of alkyl halides is 3. The second-order valence-electron chi connectivity index (χ2n) is 6.92. The Morgan fingerprint density at radius 3 is 2.22 bits per heavy atom. The summed E-state index contributed by atoms with van der Waals surface area (Å²) in [6.07, 6.45) is -4.70. The second-order valence-corrected chi connectivity index (χ2v) is 8.17. The highest BCUT2D eigenvalue weighted by molar-refractivity contribution is 6.42. The molecule has 2 aromatic carbocycles. The number of aromatic nitrogens is 1. The minimum absolute atomic E-state index is 0.0721. The molecule has 0 saturated heterocycles. The first-order valence-corrected chi connectivity index (χ1v) is 10.3. The molecule has 1 heterocycles. The van der Waals surface area contributed by atoms with Crippen molar-refractivity contribution in [2.75, 3.05) is 0 Å². The van der Waals surface area contributed by atoms with Gasteiger partial charge in [0.15, 0.2) is 0 Å². The van der Waals surface area contributed by atoms with Crippen LogP contribution in [0.4, 0.5) is 13.2 Å². The van der Waals surface area contributed by atoms with E-state index in [2.05, 4.69) is 0 Å². The second kappa shape index (κ2) is 8.81. The Bertz CT molecular complexity index is 1300. The minimum Gasteiger partial charge on any atom is -0.477 e. The van der Waals surface area contributed by atoms with E-state index < -0.39 is 28.7 Å². The number of benzene rings is 2. The number of carbonyl (C=O) groups is 1. The Balaban J connectivity index is 2.46. The molecule has 0 bridgehead atoms. The molecule has 0 fully saturated rings. The molecule has 3 aromatic rings. The van der Waals surface area contributed by atoms with Gasteiger partial charge in [-0.15, -0.1) is 0 Å². The average molecular weight is 505 g/mol. The van der Waals surface area contributed by atoms with Crippen LogP contribution in [0.1, 0.15) is 28.5 Å². The molecule has 0 amide bonds. The predicted octanol–water partition coefficient (Wildman–Crippen LogP) is 7.19. The first-order chi connectivity index (χ1) is 14.9. The van der Waals surface area contributed by atoms with Crippen molar-refractivity contribution < 1.29 is 23.1 Å². The molecule has 4 nitrogen and oxygen atoms in total. The van der Waals surface area contributed by atoms with Gasteiger partial charge < -0.3 is 9.67 Å². The zero-order valence-electron chi connectivity index (χ0n) is 16.6. The largest absolute Gasteiger partial charge is 0.477 e. The predicted molar refractivity (Wildman–Crippen MR) is 119 cm³/mol. The van der Waals surface area contributed by atoms with Crippen molar-refractivity contribution in [3.63, 3.8) is 0 Å². The Morgan fingerprint density at radius 1 is 1.03 bits per heavy atom. The maximum absolute atomic E-state index is 13.3. The van der Waals surface area contributed by atoms with Crippen LogP contribution in [0.15, 0.2) is 41.2 Å². The number of pyridine rings is 1. The van der Waals surface area contributed by atoms with E-state index in [0.29, 0.717) is 5.56 Å². The van der Waals surface area contributed by atoms with E-state index in [1.807, 2.05) is 0 Å². The van der Waals surface area contributed by atoms with E-state index >= 15 is 0 Å². The lowest BCUT2D eigenvalue weighted by Crippen LogP contribution is -2.25. The van der Waals surface area contributed by atoms with Gasteiger partial charge >= 0.3 is 12.1 Å². The summed E-state index contributed by atoms with van der Waals surface area (Å²) in [6, 6.07) is 7.12. The fourth-order valence-corrected chi connectivity index (χ4v) is 4.14. The van der Waals surface area contributed by atoms with Crippen LogP contribution in [0, 0.1) is 6.92 Å². The first kappa shape index (κ1) is 24.2. The van der Waals surface area contributed by atoms with Crippen LogP contribution in [0.3, 0.4) is 0 Å². The highest BCUT2D eigenvalue weighted by atomic mass is 35.5. The van der Waals surface area contributed by atoms with Gasteiger partial charge in [-0.2, -0.15) is 13.2 Å². The molecule has 0 aliphatic heterocycles. The highest BCUT2D eigenvalue weighted by Crippen LogP contribution is 2.37. The van der Waals surface area contributed by atoms with Gasteiger partial charge in [0, 0.05) is 28.4 Å². The number of rotatable bonds is 4. The summed E-state index contributed by atoms with van der Waals surface area (Å²) in [5.74, 6) is -1.53. The fourth-order valence-electron chi connectivity index (χ4n) is 3.61. The van der Waals surface area contributed by atoms with E-state index in [0.717, 1.165) is 12.1 Å². The maximum atomic E-state index is 13.3. The third-order valence-corrected chi connectivity index (χ3v) is 5.92. The minimum atomic E-state index is -4.70. The maximum Gasteiger partial charge on any atom is 0.416 e. The molecule has 0 aliphatic carbocycles. The normalized spacial score (nSPS) is 11.6. The van der Waals surface area contributed by atoms with Crippen LogP contribution >= 0.6 is 34.8 Å². The van der Waals surface area contributed by atoms with E-state index in [9.17, 15) is 27.9 Å². The SMILES string of the molecule is CCn1c(C)c(-c2cc(Cl)cc(C(F)(F)F)c2)c(=O)c(C(=O)O)c1-c1ccc(Cl)c(Cl)c1. The monoisotopic (exact) mass is 503 g/mol. The molecule has 168 valence electrons. The molecule has 1 aromatic heterocycles. The molecule has 0 unspecified atom stereocenters. The lowest BCUT2D eigenvalue weighted by molar-refractivity contribution is -0.137. The molecular weight excluding hydrogens is 490 g/mol. The molecule has 0 radical (unpaired) electrons. The molecule has 0 aliphatic rings. The first-order valence-electron chi connectivity index (χ1n) is 9.21. The van der Waals surface area contributed by atoms with Crippen molar-refractivity contribution in [2.24, 2.45) is 0 Å². The smallest absolute Gasteiger partial charge is 0.416 e. The summed E-state index contributed by atoms with van der Waals surface area (Å²) >= 11 is 17.9. The Morgan fingerprint density at radius 2 is 1.69 bits per heavy atom. The summed E-state index contributed by atoms with van der Waals surface area (Å²) in [7, 11) is 0. The molecule has 0 atom stereocenters. The number of hydrogen-bond donors (Lipinski definition) is 1. The number of carboxylic acid groups (broad SMARTS) is 1. The molecule has 1 N–H and O–H groups in total. The molecule has 32 heavy (non-hydrogen) atoms. The van der Waals surface area contributed by atoms with Crippen molar-refractivity contribution in [2.45, 2.75) is 26.6 Å². The number of carboxylic acids is 1. The molecule has 0 spiro atoms. The molecular formula is C22H15Cl3F3NO3. The average Bonchev–Trinajstić information content (AvgIpc) is 2.68. The fraction of sp³-hybridized carbons (Fsp3) is 0.182. The van der Waals surface area contributed by atoms with Crippen molar-refractivity contribution in [1.29, 1.82) is 0 Å². The topological polar surface area (TPSA) is 59.3 Å². The number of nitrogens with zero attached hydrogens (tertiary/aromatic N) is 1. The third kappa shape index (κ3) is 4.37. The summed E-state index contributed by atoms with van der Waals surface area (Å²) < 4.78 is 41.5. The van der Waals surface area contributed by atoms with Gasteiger partial charge in [-0.3, -0.25) is 4.79 Å². The van der Waals surface area contributed by atoms with Crippen LogP contribution in [-0.2, 0) is 12.7 Å². The van der Waals surface area contributed by atoms with Gasteiger partial charge in [0.25, 0.3) is 0 Å². The highest BCUT2D eigenvalue weighted by Gasteiger charge is 2.32. The van der Waals surface area contributed by atoms with Gasteiger partial charge in [-0.05, 0) is 49.7 Å². The lowest BCUT2D eigenvalue weighted by Gasteiger charge is -2.22. The van der Waals surface area contributed by atoms with Gasteiger partial charge in [-0.1, -0.05) is 40.9 Å². The van der Waals surface area contributed by atoms with Crippen LogP contribution in [0.25, 0.3) is 22.4 Å². The summed E-state index contributed by atoms with van der Waals surface area (Å²) in [5.41, 5.74) is -2.21.